The topological polar surface area (TPSA) is 110 Å². The summed E-state index contributed by atoms with van der Waals surface area (Å²) in [7, 11) is 0. The van der Waals surface area contributed by atoms with Crippen LogP contribution in [0.3, 0.4) is 0 Å². The molecular weight excluding hydrogens is 356 g/mol. The number of nitrogens with two attached hydrogens (primary N) is 1. The van der Waals surface area contributed by atoms with E-state index in [0.29, 0.717) is 30.7 Å². The first-order chi connectivity index (χ1) is 10.4. The van der Waals surface area contributed by atoms with E-state index in [1.165, 1.54) is 18.2 Å². The van der Waals surface area contributed by atoms with Gasteiger partial charge >= 0.3 is 0 Å². The van der Waals surface area contributed by atoms with Gasteiger partial charge in [0.2, 0.25) is 5.91 Å². The van der Waals surface area contributed by atoms with Crippen molar-refractivity contribution in [2.75, 3.05) is 32.7 Å². The minimum absolute atomic E-state index is 0.0512. The van der Waals surface area contributed by atoms with Crippen LogP contribution in [0, 0.1) is 10.1 Å². The highest BCUT2D eigenvalue weighted by Gasteiger charge is 2.26. The SMILES string of the molecule is NCC(=O)N1CCN(C(=O)c2cc([N+](=O)[O-])ccc2Br)CC1. The highest BCUT2D eigenvalue weighted by Crippen LogP contribution is 2.24. The molecule has 0 spiro atoms. The molecule has 1 aromatic rings. The molecule has 2 amide bonds. The molecule has 9 heteroatoms. The number of hydrogen-bond donors (Lipinski definition) is 1. The molecule has 118 valence electrons. The lowest BCUT2D eigenvalue weighted by Crippen LogP contribution is -2.52. The summed E-state index contributed by atoms with van der Waals surface area (Å²) in [5.74, 6) is -0.445. The third-order valence-electron chi connectivity index (χ3n) is 3.49. The van der Waals surface area contributed by atoms with Gasteiger partial charge in [0.25, 0.3) is 11.6 Å². The van der Waals surface area contributed by atoms with Gasteiger partial charge in [0.05, 0.1) is 17.0 Å². The maximum atomic E-state index is 12.5. The molecule has 1 saturated heterocycles. The van der Waals surface area contributed by atoms with E-state index in [1.807, 2.05) is 0 Å². The lowest BCUT2D eigenvalue weighted by Gasteiger charge is -2.34. The van der Waals surface area contributed by atoms with Crippen molar-refractivity contribution >= 4 is 33.4 Å². The zero-order chi connectivity index (χ0) is 16.3. The normalized spacial score (nSPS) is 14.8. The highest BCUT2D eigenvalue weighted by atomic mass is 79.9. The number of benzene rings is 1. The number of rotatable bonds is 3. The van der Waals surface area contributed by atoms with Crippen LogP contribution < -0.4 is 5.73 Å². The third kappa shape index (κ3) is 3.42. The van der Waals surface area contributed by atoms with Gasteiger partial charge in [0.15, 0.2) is 0 Å². The Hall–Kier alpha value is -2.00. The van der Waals surface area contributed by atoms with Crippen LogP contribution >= 0.6 is 15.9 Å². The first kappa shape index (κ1) is 16.4. The predicted octanol–water partition coefficient (Wildman–Crippen LogP) is 0.600. The fourth-order valence-electron chi connectivity index (χ4n) is 2.25. The Bertz CT molecular complexity index is 614. The van der Waals surface area contributed by atoms with Crippen molar-refractivity contribution in [3.8, 4) is 0 Å². The van der Waals surface area contributed by atoms with E-state index in [0.717, 1.165) is 0 Å². The number of piperazine rings is 1. The maximum Gasteiger partial charge on any atom is 0.270 e. The van der Waals surface area contributed by atoms with E-state index in [1.54, 1.807) is 9.80 Å². The van der Waals surface area contributed by atoms with Gasteiger partial charge in [-0.2, -0.15) is 0 Å². The number of carbonyl (C=O) groups is 2. The molecule has 2 rings (SSSR count). The zero-order valence-electron chi connectivity index (χ0n) is 11.7. The van der Waals surface area contributed by atoms with Crippen LogP contribution in [-0.2, 0) is 4.79 Å². The van der Waals surface area contributed by atoms with Crippen LogP contribution in [0.4, 0.5) is 5.69 Å². The van der Waals surface area contributed by atoms with Crippen LogP contribution in [0.1, 0.15) is 10.4 Å². The quantitative estimate of drug-likeness (QED) is 0.618. The average Bonchev–Trinajstić information content (AvgIpc) is 2.53. The standard InChI is InChI=1S/C13H15BrN4O4/c14-11-2-1-9(18(21)22)7-10(11)13(20)17-5-3-16(4-6-17)12(19)8-15/h1-2,7H,3-6,8,15H2. The Morgan fingerprint density at radius 3 is 2.36 bits per heavy atom. The van der Waals surface area contributed by atoms with E-state index in [-0.39, 0.29) is 29.6 Å². The number of nitrogens with zero attached hydrogens (tertiary/aromatic N) is 3. The molecule has 1 heterocycles. The Morgan fingerprint density at radius 2 is 1.82 bits per heavy atom. The number of halogens is 1. The molecule has 1 aliphatic rings. The molecule has 0 aliphatic carbocycles. The molecule has 22 heavy (non-hydrogen) atoms. The smallest absolute Gasteiger partial charge is 0.270 e. The van der Waals surface area contributed by atoms with Gasteiger partial charge in [0.1, 0.15) is 0 Å². The van der Waals surface area contributed by atoms with Crippen LogP contribution in [0.15, 0.2) is 22.7 Å². The predicted molar refractivity (Wildman–Crippen MR) is 82.3 cm³/mol. The fraction of sp³-hybridized carbons (Fsp3) is 0.385. The van der Waals surface area contributed by atoms with Gasteiger partial charge in [-0.05, 0) is 22.0 Å². The first-order valence-corrected chi connectivity index (χ1v) is 7.44. The number of non-ortho nitro benzene ring substituents is 1. The van der Waals surface area contributed by atoms with Gasteiger partial charge in [0, 0.05) is 42.8 Å². The lowest BCUT2D eigenvalue weighted by atomic mass is 10.1. The fourth-order valence-corrected chi connectivity index (χ4v) is 2.67. The second-order valence-corrected chi connectivity index (χ2v) is 5.65. The van der Waals surface area contributed by atoms with Gasteiger partial charge in [-0.3, -0.25) is 19.7 Å². The lowest BCUT2D eigenvalue weighted by molar-refractivity contribution is -0.384. The number of carbonyl (C=O) groups excluding carboxylic acids is 2. The van der Waals surface area contributed by atoms with Gasteiger partial charge in [-0.1, -0.05) is 0 Å². The highest BCUT2D eigenvalue weighted by molar-refractivity contribution is 9.10. The summed E-state index contributed by atoms with van der Waals surface area (Å²) < 4.78 is 0.503. The maximum absolute atomic E-state index is 12.5. The molecule has 0 aromatic heterocycles. The molecular formula is C13H15BrN4O4. The van der Waals surface area contributed by atoms with Crippen molar-refractivity contribution < 1.29 is 14.5 Å². The summed E-state index contributed by atoms with van der Waals surface area (Å²) in [6.45, 7) is 1.52. The number of nitro groups is 1. The summed E-state index contributed by atoms with van der Waals surface area (Å²) in [6, 6.07) is 4.07. The van der Waals surface area contributed by atoms with Crippen molar-refractivity contribution in [3.05, 3.63) is 38.3 Å². The molecule has 0 saturated carbocycles. The molecule has 2 N–H and O–H groups in total. The molecule has 0 bridgehead atoms. The van der Waals surface area contributed by atoms with E-state index >= 15 is 0 Å². The minimum atomic E-state index is -0.541. The van der Waals surface area contributed by atoms with E-state index in [2.05, 4.69) is 15.9 Å². The number of hydrogen-bond acceptors (Lipinski definition) is 5. The van der Waals surface area contributed by atoms with Gasteiger partial charge in [-0.25, -0.2) is 0 Å². The Balaban J connectivity index is 2.11. The monoisotopic (exact) mass is 370 g/mol. The summed E-state index contributed by atoms with van der Waals surface area (Å²) in [5.41, 5.74) is 5.42. The third-order valence-corrected chi connectivity index (χ3v) is 4.18. The summed E-state index contributed by atoms with van der Waals surface area (Å²) in [5, 5.41) is 10.8. The Kier molecular flexibility index (Phi) is 5.09. The van der Waals surface area contributed by atoms with Crippen LogP contribution in [0.5, 0.6) is 0 Å². The number of amides is 2. The van der Waals surface area contributed by atoms with E-state index < -0.39 is 4.92 Å². The van der Waals surface area contributed by atoms with Crippen molar-refractivity contribution in [3.63, 3.8) is 0 Å². The summed E-state index contributed by atoms with van der Waals surface area (Å²) in [6.07, 6.45) is 0. The second-order valence-electron chi connectivity index (χ2n) is 4.80. The second kappa shape index (κ2) is 6.84. The molecule has 8 nitrogen and oxygen atoms in total. The molecule has 0 unspecified atom stereocenters. The Morgan fingerprint density at radius 1 is 1.23 bits per heavy atom. The van der Waals surface area contributed by atoms with Crippen LogP contribution in [-0.4, -0.2) is 59.3 Å². The molecule has 1 aromatic carbocycles. The van der Waals surface area contributed by atoms with Gasteiger partial charge in [-0.15, -0.1) is 0 Å². The molecule has 1 aliphatic heterocycles. The van der Waals surface area contributed by atoms with Crippen molar-refractivity contribution in [1.82, 2.24) is 9.80 Å². The molecule has 1 fully saturated rings. The minimum Gasteiger partial charge on any atom is -0.338 e. The average molecular weight is 371 g/mol. The summed E-state index contributed by atoms with van der Waals surface area (Å²) >= 11 is 3.24. The van der Waals surface area contributed by atoms with Crippen molar-refractivity contribution in [2.24, 2.45) is 5.73 Å². The number of nitro benzene ring substituents is 1. The van der Waals surface area contributed by atoms with E-state index in [4.69, 9.17) is 5.73 Å². The largest absolute Gasteiger partial charge is 0.338 e. The summed E-state index contributed by atoms with van der Waals surface area (Å²) in [4.78, 5) is 37.4. The van der Waals surface area contributed by atoms with Crippen LogP contribution in [0.2, 0.25) is 0 Å². The zero-order valence-corrected chi connectivity index (χ0v) is 13.3. The molecule has 0 radical (unpaired) electrons. The van der Waals surface area contributed by atoms with Crippen LogP contribution in [0.25, 0.3) is 0 Å². The van der Waals surface area contributed by atoms with E-state index in [9.17, 15) is 19.7 Å². The first-order valence-electron chi connectivity index (χ1n) is 6.65. The van der Waals surface area contributed by atoms with Gasteiger partial charge < -0.3 is 15.5 Å². The van der Waals surface area contributed by atoms with Crippen molar-refractivity contribution in [1.29, 1.82) is 0 Å². The Labute approximate surface area is 135 Å². The molecule has 0 atom stereocenters. The van der Waals surface area contributed by atoms with Crippen molar-refractivity contribution in [2.45, 2.75) is 0 Å².